The molecule has 0 saturated carbocycles. The third-order valence-electron chi connectivity index (χ3n) is 5.26. The first-order valence-electron chi connectivity index (χ1n) is 10.7. The van der Waals surface area contributed by atoms with Gasteiger partial charge in [0.2, 0.25) is 5.91 Å². The number of aryl methyl sites for hydroxylation is 1. The number of hydrogen-bond acceptors (Lipinski definition) is 7. The second-order valence-corrected chi connectivity index (χ2v) is 7.51. The molecular formula is C24H28N2O7. The summed E-state index contributed by atoms with van der Waals surface area (Å²) in [5.74, 6) is -1.36. The van der Waals surface area contributed by atoms with Crippen molar-refractivity contribution in [3.05, 3.63) is 54.1 Å². The van der Waals surface area contributed by atoms with E-state index in [1.54, 1.807) is 25.1 Å². The molecule has 1 aliphatic rings. The zero-order valence-corrected chi connectivity index (χ0v) is 18.7. The van der Waals surface area contributed by atoms with Gasteiger partial charge < -0.3 is 19.3 Å². The average molecular weight is 456 g/mol. The lowest BCUT2D eigenvalue weighted by molar-refractivity contribution is -0.146. The van der Waals surface area contributed by atoms with E-state index < -0.39 is 36.5 Å². The summed E-state index contributed by atoms with van der Waals surface area (Å²) in [6.45, 7) is 1.28. The van der Waals surface area contributed by atoms with Crippen molar-refractivity contribution in [1.29, 1.82) is 0 Å². The highest BCUT2D eigenvalue weighted by Gasteiger charge is 2.36. The van der Waals surface area contributed by atoms with E-state index in [1.807, 2.05) is 30.3 Å². The van der Waals surface area contributed by atoms with Crippen molar-refractivity contribution in [3.8, 4) is 11.5 Å². The number of carbonyl (C=O) groups is 3. The number of amides is 1. The summed E-state index contributed by atoms with van der Waals surface area (Å²) in [4.78, 5) is 38.6. The van der Waals surface area contributed by atoms with Crippen LogP contribution in [0.25, 0.3) is 0 Å². The summed E-state index contributed by atoms with van der Waals surface area (Å²) < 4.78 is 16.2. The lowest BCUT2D eigenvalue weighted by Gasteiger charge is -2.26. The summed E-state index contributed by atoms with van der Waals surface area (Å²) in [5, 5.41) is 12.5. The van der Waals surface area contributed by atoms with Gasteiger partial charge in [-0.15, -0.1) is 0 Å². The molecule has 176 valence electrons. The maximum absolute atomic E-state index is 13.4. The number of aliphatic carboxylic acids is 1. The van der Waals surface area contributed by atoms with Crippen molar-refractivity contribution in [1.82, 2.24) is 5.32 Å². The van der Waals surface area contributed by atoms with E-state index in [2.05, 4.69) is 5.32 Å². The Hall–Kier alpha value is -3.59. The van der Waals surface area contributed by atoms with Gasteiger partial charge in [0.25, 0.3) is 0 Å². The molecule has 1 unspecified atom stereocenters. The van der Waals surface area contributed by atoms with Gasteiger partial charge in [0.15, 0.2) is 0 Å². The Balaban J connectivity index is 1.83. The second-order valence-electron chi connectivity index (χ2n) is 7.51. The predicted molar refractivity (Wildman–Crippen MR) is 121 cm³/mol. The number of ether oxygens (including phenoxy) is 3. The molecule has 1 amide bonds. The fourth-order valence-corrected chi connectivity index (χ4v) is 3.64. The van der Waals surface area contributed by atoms with Crippen LogP contribution in [0.3, 0.4) is 0 Å². The maximum atomic E-state index is 13.4. The quantitative estimate of drug-likeness (QED) is 0.522. The number of nitrogens with zero attached hydrogens (tertiary/aromatic N) is 1. The van der Waals surface area contributed by atoms with Crippen LogP contribution in [0.5, 0.6) is 11.5 Å². The molecule has 0 aromatic heterocycles. The molecule has 9 heteroatoms. The highest BCUT2D eigenvalue weighted by Crippen LogP contribution is 2.35. The minimum Gasteiger partial charge on any atom is -0.497 e. The zero-order chi connectivity index (χ0) is 23.8. The Labute approximate surface area is 192 Å². The lowest BCUT2D eigenvalue weighted by Crippen LogP contribution is -2.55. The molecular weight excluding hydrogens is 428 g/mol. The van der Waals surface area contributed by atoms with Crippen LogP contribution in [-0.4, -0.2) is 61.9 Å². The Morgan fingerprint density at radius 1 is 1.24 bits per heavy atom. The Morgan fingerprint density at radius 2 is 2.00 bits per heavy atom. The van der Waals surface area contributed by atoms with Gasteiger partial charge >= 0.3 is 11.9 Å². The molecule has 2 aromatic rings. The number of carboxylic acids is 1. The summed E-state index contributed by atoms with van der Waals surface area (Å²) in [5.41, 5.74) is 1.34. The molecule has 3 rings (SSSR count). The monoisotopic (exact) mass is 456 g/mol. The summed E-state index contributed by atoms with van der Waals surface area (Å²) in [6, 6.07) is 12.8. The molecule has 2 N–H and O–H groups in total. The topological polar surface area (TPSA) is 114 Å². The van der Waals surface area contributed by atoms with Gasteiger partial charge in [-0.25, -0.2) is 0 Å². The largest absolute Gasteiger partial charge is 0.497 e. The van der Waals surface area contributed by atoms with Crippen LogP contribution < -0.4 is 19.7 Å². The van der Waals surface area contributed by atoms with Crippen LogP contribution in [0.1, 0.15) is 18.9 Å². The maximum Gasteiger partial charge on any atom is 0.323 e. The van der Waals surface area contributed by atoms with Crippen LogP contribution in [0, 0.1) is 0 Å². The summed E-state index contributed by atoms with van der Waals surface area (Å²) in [7, 11) is 1.48. The van der Waals surface area contributed by atoms with Crippen LogP contribution in [0.4, 0.5) is 5.69 Å². The minimum atomic E-state index is -1.18. The Morgan fingerprint density at radius 3 is 2.67 bits per heavy atom. The molecule has 2 aromatic carbocycles. The van der Waals surface area contributed by atoms with Crippen molar-refractivity contribution in [2.75, 3.05) is 31.8 Å². The van der Waals surface area contributed by atoms with Gasteiger partial charge in [0, 0.05) is 6.07 Å². The van der Waals surface area contributed by atoms with Gasteiger partial charge in [-0.3, -0.25) is 24.6 Å². The molecule has 0 saturated heterocycles. The first kappa shape index (κ1) is 24.1. The number of nitrogens with one attached hydrogen (secondary N) is 1. The van der Waals surface area contributed by atoms with E-state index in [4.69, 9.17) is 14.2 Å². The number of carboxylic acid groups (broad SMARTS) is 1. The molecule has 1 heterocycles. The van der Waals surface area contributed by atoms with Crippen LogP contribution in [-0.2, 0) is 25.5 Å². The van der Waals surface area contributed by atoms with Gasteiger partial charge in [-0.1, -0.05) is 30.3 Å². The Kier molecular flexibility index (Phi) is 8.26. The number of carbonyl (C=O) groups excluding carboxylic acids is 2. The minimum absolute atomic E-state index is 0.0739. The molecule has 2 atom stereocenters. The number of esters is 1. The van der Waals surface area contributed by atoms with E-state index in [0.29, 0.717) is 30.0 Å². The van der Waals surface area contributed by atoms with Crippen LogP contribution in [0.2, 0.25) is 0 Å². The third-order valence-corrected chi connectivity index (χ3v) is 5.26. The summed E-state index contributed by atoms with van der Waals surface area (Å²) >= 11 is 0. The molecule has 33 heavy (non-hydrogen) atoms. The highest BCUT2D eigenvalue weighted by atomic mass is 16.5. The van der Waals surface area contributed by atoms with E-state index in [9.17, 15) is 19.5 Å². The van der Waals surface area contributed by atoms with E-state index in [1.165, 1.54) is 7.11 Å². The van der Waals surface area contributed by atoms with E-state index in [0.717, 1.165) is 10.5 Å². The average Bonchev–Trinajstić information content (AvgIpc) is 2.93. The fraction of sp³-hybridized carbons (Fsp3) is 0.375. The molecule has 1 aliphatic heterocycles. The molecule has 0 spiro atoms. The third kappa shape index (κ3) is 6.23. The number of hydrogen-bond donors (Lipinski definition) is 2. The number of rotatable bonds is 10. The first-order valence-corrected chi connectivity index (χ1v) is 10.7. The van der Waals surface area contributed by atoms with Gasteiger partial charge in [0.05, 0.1) is 19.4 Å². The number of benzene rings is 2. The van der Waals surface area contributed by atoms with Crippen LogP contribution >= 0.6 is 0 Å². The smallest absolute Gasteiger partial charge is 0.323 e. The normalized spacial score (nSPS) is 16.2. The summed E-state index contributed by atoms with van der Waals surface area (Å²) in [6.07, 6.45) is 0.988. The van der Waals surface area contributed by atoms with E-state index >= 15 is 0 Å². The van der Waals surface area contributed by atoms with Crippen molar-refractivity contribution in [2.24, 2.45) is 0 Å². The highest BCUT2D eigenvalue weighted by molar-refractivity contribution is 6.02. The predicted octanol–water partition coefficient (Wildman–Crippen LogP) is 2.03. The number of fused-ring (bicyclic) bond motifs is 1. The first-order chi connectivity index (χ1) is 15.9. The van der Waals surface area contributed by atoms with Crippen molar-refractivity contribution >= 4 is 23.5 Å². The number of methoxy groups -OCH3 is 1. The van der Waals surface area contributed by atoms with Gasteiger partial charge in [-0.05, 0) is 37.5 Å². The zero-order valence-electron chi connectivity index (χ0n) is 18.7. The lowest BCUT2D eigenvalue weighted by atomic mass is 10.0. The van der Waals surface area contributed by atoms with Gasteiger partial charge in [0.1, 0.15) is 36.7 Å². The van der Waals surface area contributed by atoms with Crippen molar-refractivity contribution in [2.45, 2.75) is 31.8 Å². The molecule has 0 aliphatic carbocycles. The van der Waals surface area contributed by atoms with Crippen LogP contribution in [0.15, 0.2) is 48.5 Å². The van der Waals surface area contributed by atoms with E-state index in [-0.39, 0.29) is 13.2 Å². The standard InChI is InChI=1S/C24H28N2O7/c1-3-32-24(30)18(11-9-16-7-5-4-6-8-16)25-19-15-33-21-12-10-17(31-2)13-20(21)26(23(19)29)14-22(27)28/h4-8,10,12-13,18-19,25H,3,9,11,14-15H2,1-2H3,(H,27,28)/t18-,19?/m0/s1. The Bertz CT molecular complexity index is 980. The second kappa shape index (κ2) is 11.3. The van der Waals surface area contributed by atoms with Gasteiger partial charge in [-0.2, -0.15) is 0 Å². The van der Waals surface area contributed by atoms with Crippen molar-refractivity contribution in [3.63, 3.8) is 0 Å². The molecule has 9 nitrogen and oxygen atoms in total. The van der Waals surface area contributed by atoms with Crippen molar-refractivity contribution < 1.29 is 33.7 Å². The molecule has 0 fully saturated rings. The molecule has 0 bridgehead atoms. The SMILES string of the molecule is CCOC(=O)[C@H](CCc1ccccc1)NC1COc2ccc(OC)cc2N(CC(=O)O)C1=O. The fourth-order valence-electron chi connectivity index (χ4n) is 3.64. The number of anilines is 1. The molecule has 0 radical (unpaired) electrons.